The monoisotopic (exact) mass is 182 g/mol. The van der Waals surface area contributed by atoms with Gasteiger partial charge in [-0.05, 0) is 12.1 Å². The molecule has 0 aliphatic rings. The van der Waals surface area contributed by atoms with Crippen LogP contribution in [0.3, 0.4) is 0 Å². The topological polar surface area (TPSA) is 37.3 Å². The quantitative estimate of drug-likeness (QED) is 0.530. The molecule has 56 valence electrons. The Kier molecular flexibility index (Phi) is 4.30. The van der Waals surface area contributed by atoms with E-state index in [-0.39, 0.29) is 20.3 Å². The minimum atomic E-state index is -3.17. The van der Waals surface area contributed by atoms with Gasteiger partial charge in [-0.1, -0.05) is 18.2 Å². The molecule has 0 fully saturated rings. The molecule has 0 amide bonds. The van der Waals surface area contributed by atoms with Gasteiger partial charge >= 0.3 is 18.9 Å². The summed E-state index contributed by atoms with van der Waals surface area (Å²) in [6.07, 6.45) is 0. The molecule has 0 saturated heterocycles. The Morgan fingerprint density at radius 1 is 1.36 bits per heavy atom. The van der Waals surface area contributed by atoms with Crippen molar-refractivity contribution in [2.45, 2.75) is 4.90 Å². The van der Waals surface area contributed by atoms with Gasteiger partial charge in [0.1, 0.15) is 0 Å². The van der Waals surface area contributed by atoms with E-state index in [0.29, 0.717) is 4.90 Å². The van der Waals surface area contributed by atoms with Gasteiger partial charge in [0.15, 0.2) is 8.77 Å². The number of hydrogen-bond acceptors (Lipinski definition) is 2. The zero-order valence-electron chi connectivity index (χ0n) is 7.06. The predicted molar refractivity (Wildman–Crippen MR) is 44.0 cm³/mol. The Bertz CT molecular complexity index is 312. The van der Waals surface area contributed by atoms with Crippen LogP contribution >= 0.6 is 0 Å². The maximum absolute atomic E-state index is 10.8. The first-order valence-electron chi connectivity index (χ1n) is 2.63. The molecule has 0 aromatic heterocycles. The molecule has 2 nitrogen and oxygen atoms in total. The van der Waals surface area contributed by atoms with Crippen LogP contribution in [0.15, 0.2) is 35.2 Å². The third-order valence-corrected chi connectivity index (χ3v) is 2.49. The maximum atomic E-state index is 10.8. The van der Waals surface area contributed by atoms with Gasteiger partial charge < -0.3 is 5.98 Å². The molecule has 1 aromatic carbocycles. The van der Waals surface area contributed by atoms with Crippen molar-refractivity contribution in [1.29, 1.82) is 0 Å². The average molecular weight is 182 g/mol. The fraction of sp³-hybridized carbons (Fsp3) is 0. The molecular formula is C6H7LiO2S2. The van der Waals surface area contributed by atoms with Crippen LogP contribution in [0.4, 0.5) is 0 Å². The zero-order chi connectivity index (χ0) is 7.61. The molecule has 0 spiro atoms. The summed E-state index contributed by atoms with van der Waals surface area (Å²) in [5.74, 6) is 0. The summed E-state index contributed by atoms with van der Waals surface area (Å²) in [5.41, 5.74) is 0. The van der Waals surface area contributed by atoms with Crippen molar-refractivity contribution in [3.63, 3.8) is 0 Å². The third kappa shape index (κ3) is 3.37. The smallest absolute Gasteiger partial charge is 1.00 e. The summed E-state index contributed by atoms with van der Waals surface area (Å²) in [4.78, 5) is 0.296. The molecule has 1 aromatic rings. The largest absolute Gasteiger partial charge is 1.00 e. The Labute approximate surface area is 84.2 Å². The van der Waals surface area contributed by atoms with Crippen molar-refractivity contribution >= 4 is 20.0 Å². The first kappa shape index (κ1) is 11.1. The van der Waals surface area contributed by atoms with Crippen molar-refractivity contribution < 1.29 is 29.0 Å². The van der Waals surface area contributed by atoms with Crippen molar-refractivity contribution in [1.82, 2.24) is 0 Å². The molecule has 1 N–H and O–H groups in total. The molecule has 5 heteroatoms. The van der Waals surface area contributed by atoms with E-state index in [1.54, 1.807) is 18.2 Å². The molecule has 0 saturated carbocycles. The average Bonchev–Trinajstić information content (AvgIpc) is 1.88. The van der Waals surface area contributed by atoms with Crippen LogP contribution in [0.5, 0.6) is 0 Å². The Hall–Kier alpha value is 0.147. The van der Waals surface area contributed by atoms with E-state index < -0.39 is 8.77 Å². The number of benzene rings is 1. The fourth-order valence-electron chi connectivity index (χ4n) is 0.592. The molecule has 1 unspecified atom stereocenters. The molecule has 1 rings (SSSR count). The first-order chi connectivity index (χ1) is 4.61. The van der Waals surface area contributed by atoms with Gasteiger partial charge in [-0.25, -0.2) is 4.21 Å². The van der Waals surface area contributed by atoms with Gasteiger partial charge in [0, 0.05) is 11.2 Å². The summed E-state index contributed by atoms with van der Waals surface area (Å²) >= 11 is 4.33. The SMILES string of the molecule is O=S(O)(=S)c1ccccc1.[H-].[Li+]. The maximum Gasteiger partial charge on any atom is 1.00 e. The van der Waals surface area contributed by atoms with Crippen LogP contribution < -0.4 is 18.9 Å². The molecule has 0 heterocycles. The van der Waals surface area contributed by atoms with E-state index in [9.17, 15) is 4.21 Å². The summed E-state index contributed by atoms with van der Waals surface area (Å²) in [5, 5.41) is 0. The predicted octanol–water partition coefficient (Wildman–Crippen LogP) is -1.62. The van der Waals surface area contributed by atoms with Crippen molar-refractivity contribution in [2.24, 2.45) is 0 Å². The van der Waals surface area contributed by atoms with Gasteiger partial charge in [-0.2, -0.15) is 0 Å². The molecule has 0 radical (unpaired) electrons. The van der Waals surface area contributed by atoms with Gasteiger partial charge in [0.25, 0.3) is 0 Å². The van der Waals surface area contributed by atoms with Crippen LogP contribution in [0, 0.1) is 0 Å². The van der Waals surface area contributed by atoms with E-state index in [4.69, 9.17) is 4.55 Å². The van der Waals surface area contributed by atoms with Gasteiger partial charge in [-0.3, -0.25) is 0 Å². The van der Waals surface area contributed by atoms with Crippen molar-refractivity contribution in [2.75, 3.05) is 0 Å². The van der Waals surface area contributed by atoms with E-state index in [1.807, 2.05) is 0 Å². The summed E-state index contributed by atoms with van der Waals surface area (Å²) in [6, 6.07) is 8.20. The van der Waals surface area contributed by atoms with E-state index in [0.717, 1.165) is 0 Å². The summed E-state index contributed by atoms with van der Waals surface area (Å²) in [7, 11) is -3.17. The van der Waals surface area contributed by atoms with Gasteiger partial charge in [-0.15, -0.1) is 0 Å². The van der Waals surface area contributed by atoms with Crippen LogP contribution in [0.2, 0.25) is 0 Å². The van der Waals surface area contributed by atoms with Gasteiger partial charge in [0.05, 0.1) is 4.90 Å². The Morgan fingerprint density at radius 3 is 2.09 bits per heavy atom. The van der Waals surface area contributed by atoms with Crippen LogP contribution in [-0.2, 0) is 20.0 Å². The van der Waals surface area contributed by atoms with Crippen LogP contribution in [0.25, 0.3) is 0 Å². The second-order valence-electron chi connectivity index (χ2n) is 1.79. The van der Waals surface area contributed by atoms with Crippen molar-refractivity contribution in [3.05, 3.63) is 30.3 Å². The second kappa shape index (κ2) is 4.24. The Morgan fingerprint density at radius 2 is 1.82 bits per heavy atom. The van der Waals surface area contributed by atoms with Gasteiger partial charge in [0.2, 0.25) is 0 Å². The summed E-state index contributed by atoms with van der Waals surface area (Å²) < 4.78 is 19.6. The fourth-order valence-corrected chi connectivity index (χ4v) is 1.43. The first-order valence-corrected chi connectivity index (χ1v) is 5.07. The third-order valence-electron chi connectivity index (χ3n) is 1.04. The molecule has 0 aliphatic carbocycles. The van der Waals surface area contributed by atoms with E-state index >= 15 is 0 Å². The standard InChI is InChI=1S/C6H6O2S2.Li.H/c7-10(8,9)6-4-2-1-3-5-6;;/h1-5H,(H,7,8,9);;/q;+1;-1. The minimum absolute atomic E-state index is 0. The summed E-state index contributed by atoms with van der Waals surface area (Å²) in [6.45, 7) is 0. The molecule has 1 atom stereocenters. The van der Waals surface area contributed by atoms with Crippen LogP contribution in [0.1, 0.15) is 1.43 Å². The molecule has 11 heavy (non-hydrogen) atoms. The second-order valence-corrected chi connectivity index (χ2v) is 4.57. The van der Waals surface area contributed by atoms with E-state index in [2.05, 4.69) is 11.2 Å². The molecular weight excluding hydrogens is 175 g/mol. The van der Waals surface area contributed by atoms with E-state index in [1.165, 1.54) is 12.1 Å². The zero-order valence-corrected chi connectivity index (χ0v) is 7.69. The molecule has 0 bridgehead atoms. The number of rotatable bonds is 1. The van der Waals surface area contributed by atoms with Crippen molar-refractivity contribution in [3.8, 4) is 0 Å². The number of hydrogen-bond donors (Lipinski definition) is 1. The minimum Gasteiger partial charge on any atom is -1.00 e. The molecule has 0 aliphatic heterocycles. The normalized spacial score (nSPS) is 14.6. The Balaban J connectivity index is 0. The van der Waals surface area contributed by atoms with Crippen LogP contribution in [-0.4, -0.2) is 8.76 Å².